The molecule has 78 valence electrons. The maximum absolute atomic E-state index is 6.25. The minimum Gasteiger partial charge on any atom is -0.246 e. The van der Waals surface area contributed by atoms with Crippen molar-refractivity contribution < 1.29 is 0 Å². The molecule has 3 heteroatoms. The van der Waals surface area contributed by atoms with Crippen molar-refractivity contribution in [2.45, 2.75) is 50.3 Å². The second kappa shape index (κ2) is 4.63. The van der Waals surface area contributed by atoms with E-state index in [1.165, 1.54) is 36.4 Å². The summed E-state index contributed by atoms with van der Waals surface area (Å²) in [6, 6.07) is 0. The van der Waals surface area contributed by atoms with Crippen LogP contribution in [0.5, 0.6) is 0 Å². The normalized spacial score (nSPS) is 28.7. The largest absolute Gasteiger partial charge is 0.246 e. The van der Waals surface area contributed by atoms with Crippen LogP contribution in [0.4, 0.5) is 0 Å². The van der Waals surface area contributed by atoms with E-state index in [0.29, 0.717) is 11.3 Å². The average Bonchev–Trinajstić information content (AvgIpc) is 2.45. The molecular weight excluding hydrogens is 214 g/mol. The first-order valence-corrected chi connectivity index (χ1v) is 6.63. The van der Waals surface area contributed by atoms with E-state index < -0.39 is 0 Å². The van der Waals surface area contributed by atoms with Gasteiger partial charge in [0.1, 0.15) is 0 Å². The summed E-state index contributed by atoms with van der Waals surface area (Å²) in [4.78, 5) is 4.57. The molecule has 0 radical (unpaired) electrons. The van der Waals surface area contributed by atoms with Gasteiger partial charge in [0.25, 0.3) is 0 Å². The SMILES string of the molecule is Cc1nc(C2CCCCC(Cl)C2)cs1. The molecule has 1 saturated carbocycles. The summed E-state index contributed by atoms with van der Waals surface area (Å²) in [5.74, 6) is 0.616. The van der Waals surface area contributed by atoms with Gasteiger partial charge in [-0.25, -0.2) is 4.98 Å². The third kappa shape index (κ3) is 2.48. The molecule has 2 rings (SSSR count). The van der Waals surface area contributed by atoms with Crippen molar-refractivity contribution in [3.05, 3.63) is 16.1 Å². The Morgan fingerprint density at radius 2 is 2.21 bits per heavy atom. The molecule has 0 bridgehead atoms. The van der Waals surface area contributed by atoms with Crippen LogP contribution in [-0.2, 0) is 0 Å². The molecule has 2 unspecified atom stereocenters. The van der Waals surface area contributed by atoms with Crippen molar-refractivity contribution in [2.75, 3.05) is 0 Å². The molecular formula is C11H16ClNS. The molecule has 1 aromatic heterocycles. The van der Waals surface area contributed by atoms with Gasteiger partial charge in [-0.2, -0.15) is 0 Å². The molecule has 0 aromatic carbocycles. The van der Waals surface area contributed by atoms with Crippen LogP contribution in [-0.4, -0.2) is 10.4 Å². The van der Waals surface area contributed by atoms with Crippen LogP contribution >= 0.6 is 22.9 Å². The number of aromatic nitrogens is 1. The molecule has 0 amide bonds. The first-order valence-electron chi connectivity index (χ1n) is 5.32. The van der Waals surface area contributed by atoms with Crippen molar-refractivity contribution in [3.8, 4) is 0 Å². The van der Waals surface area contributed by atoms with Crippen molar-refractivity contribution in [3.63, 3.8) is 0 Å². The highest BCUT2D eigenvalue weighted by Gasteiger charge is 2.21. The van der Waals surface area contributed by atoms with Gasteiger partial charge in [-0.1, -0.05) is 12.8 Å². The predicted molar refractivity (Wildman–Crippen MR) is 62.3 cm³/mol. The quantitative estimate of drug-likeness (QED) is 0.522. The van der Waals surface area contributed by atoms with Gasteiger partial charge in [-0.15, -0.1) is 22.9 Å². The Kier molecular flexibility index (Phi) is 3.45. The van der Waals surface area contributed by atoms with Crippen LogP contribution in [0.1, 0.15) is 48.7 Å². The molecule has 0 saturated heterocycles. The Labute approximate surface area is 94.5 Å². The Hall–Kier alpha value is -0.0800. The van der Waals surface area contributed by atoms with E-state index >= 15 is 0 Å². The van der Waals surface area contributed by atoms with Crippen molar-refractivity contribution in [1.29, 1.82) is 0 Å². The van der Waals surface area contributed by atoms with Crippen LogP contribution in [0.15, 0.2) is 5.38 Å². The molecule has 0 spiro atoms. The summed E-state index contributed by atoms with van der Waals surface area (Å²) in [6.07, 6.45) is 6.16. The number of halogens is 1. The van der Waals surface area contributed by atoms with Crippen LogP contribution in [0, 0.1) is 6.92 Å². The lowest BCUT2D eigenvalue weighted by molar-refractivity contribution is 0.583. The van der Waals surface area contributed by atoms with Crippen molar-refractivity contribution >= 4 is 22.9 Å². The lowest BCUT2D eigenvalue weighted by Gasteiger charge is -2.13. The molecule has 1 nitrogen and oxygen atoms in total. The molecule has 1 aromatic rings. The number of hydrogen-bond donors (Lipinski definition) is 0. The standard InChI is InChI=1S/C11H16ClNS/c1-8-13-11(7-14-8)9-4-2-3-5-10(12)6-9/h7,9-10H,2-6H2,1H3. The Bertz CT molecular complexity index is 297. The molecule has 2 atom stereocenters. The number of alkyl halides is 1. The van der Waals surface area contributed by atoms with Crippen molar-refractivity contribution in [2.24, 2.45) is 0 Å². The number of rotatable bonds is 1. The van der Waals surface area contributed by atoms with E-state index in [0.717, 1.165) is 6.42 Å². The number of aryl methyl sites for hydroxylation is 1. The van der Waals surface area contributed by atoms with Gasteiger partial charge in [0.15, 0.2) is 0 Å². The third-order valence-corrected chi connectivity index (χ3v) is 4.10. The van der Waals surface area contributed by atoms with E-state index in [-0.39, 0.29) is 0 Å². The zero-order valence-electron chi connectivity index (χ0n) is 8.50. The zero-order valence-corrected chi connectivity index (χ0v) is 10.1. The van der Waals surface area contributed by atoms with Crippen molar-refractivity contribution in [1.82, 2.24) is 4.98 Å². The highest BCUT2D eigenvalue weighted by Crippen LogP contribution is 2.34. The fraction of sp³-hybridized carbons (Fsp3) is 0.727. The van der Waals surface area contributed by atoms with Crippen LogP contribution in [0.2, 0.25) is 0 Å². The molecule has 0 N–H and O–H groups in total. The number of thiazole rings is 1. The van der Waals surface area contributed by atoms with E-state index in [9.17, 15) is 0 Å². The maximum atomic E-state index is 6.25. The van der Waals surface area contributed by atoms with Crippen LogP contribution in [0.25, 0.3) is 0 Å². The summed E-state index contributed by atoms with van der Waals surface area (Å²) < 4.78 is 0. The topological polar surface area (TPSA) is 12.9 Å². The molecule has 1 fully saturated rings. The summed E-state index contributed by atoms with van der Waals surface area (Å²) in [5, 5.41) is 3.74. The summed E-state index contributed by atoms with van der Waals surface area (Å²) in [6.45, 7) is 2.07. The minimum absolute atomic E-state index is 0.365. The molecule has 0 aliphatic heterocycles. The molecule has 1 aliphatic carbocycles. The first-order chi connectivity index (χ1) is 6.75. The zero-order chi connectivity index (χ0) is 9.97. The smallest absolute Gasteiger partial charge is 0.0897 e. The second-order valence-electron chi connectivity index (χ2n) is 4.11. The molecule has 1 heterocycles. The van der Waals surface area contributed by atoms with E-state index in [1.54, 1.807) is 11.3 Å². The number of nitrogens with zero attached hydrogens (tertiary/aromatic N) is 1. The number of hydrogen-bond acceptors (Lipinski definition) is 2. The Morgan fingerprint density at radius 1 is 1.43 bits per heavy atom. The van der Waals surface area contributed by atoms with Gasteiger partial charge in [0.05, 0.1) is 10.7 Å². The summed E-state index contributed by atoms with van der Waals surface area (Å²) in [5.41, 5.74) is 1.28. The van der Waals surface area contributed by atoms with Gasteiger partial charge in [0.2, 0.25) is 0 Å². The first kappa shape index (κ1) is 10.4. The van der Waals surface area contributed by atoms with Gasteiger partial charge in [-0.05, 0) is 26.2 Å². The van der Waals surface area contributed by atoms with Gasteiger partial charge in [0, 0.05) is 16.7 Å². The highest BCUT2D eigenvalue weighted by atomic mass is 35.5. The van der Waals surface area contributed by atoms with Crippen LogP contribution < -0.4 is 0 Å². The lowest BCUT2D eigenvalue weighted by Crippen LogP contribution is -2.04. The fourth-order valence-corrected chi connectivity index (χ4v) is 3.20. The maximum Gasteiger partial charge on any atom is 0.0897 e. The summed E-state index contributed by atoms with van der Waals surface area (Å²) in [7, 11) is 0. The minimum atomic E-state index is 0.365. The molecule has 14 heavy (non-hydrogen) atoms. The van der Waals surface area contributed by atoms with E-state index in [1.807, 2.05) is 0 Å². The molecule has 1 aliphatic rings. The predicted octanol–water partition coefficient (Wildman–Crippen LogP) is 4.11. The van der Waals surface area contributed by atoms with Gasteiger partial charge >= 0.3 is 0 Å². The monoisotopic (exact) mass is 229 g/mol. The average molecular weight is 230 g/mol. The third-order valence-electron chi connectivity index (χ3n) is 2.92. The van der Waals surface area contributed by atoms with E-state index in [2.05, 4.69) is 17.3 Å². The lowest BCUT2D eigenvalue weighted by atomic mass is 9.97. The van der Waals surface area contributed by atoms with Crippen LogP contribution in [0.3, 0.4) is 0 Å². The Balaban J connectivity index is 2.08. The fourth-order valence-electron chi connectivity index (χ4n) is 2.14. The van der Waals surface area contributed by atoms with Gasteiger partial charge < -0.3 is 0 Å². The summed E-state index contributed by atoms with van der Waals surface area (Å²) >= 11 is 8.00. The van der Waals surface area contributed by atoms with E-state index in [4.69, 9.17) is 11.6 Å². The Morgan fingerprint density at radius 3 is 2.93 bits per heavy atom. The second-order valence-corrected chi connectivity index (χ2v) is 5.79. The van der Waals surface area contributed by atoms with Gasteiger partial charge in [-0.3, -0.25) is 0 Å². The highest BCUT2D eigenvalue weighted by molar-refractivity contribution is 7.09.